The van der Waals surface area contributed by atoms with Crippen molar-refractivity contribution in [2.75, 3.05) is 0 Å². The predicted molar refractivity (Wildman–Crippen MR) is 43.3 cm³/mol. The van der Waals surface area contributed by atoms with Crippen molar-refractivity contribution in [3.8, 4) is 0 Å². The predicted octanol–water partition coefficient (Wildman–Crippen LogP) is 1.33. The number of thiol groups is 1. The lowest BCUT2D eigenvalue weighted by Crippen LogP contribution is -1.84. The van der Waals surface area contributed by atoms with E-state index in [1.54, 1.807) is 0 Å². The van der Waals surface area contributed by atoms with Crippen molar-refractivity contribution in [3.05, 3.63) is 17.0 Å². The summed E-state index contributed by atoms with van der Waals surface area (Å²) in [7, 11) is 0. The van der Waals surface area contributed by atoms with E-state index in [0.29, 0.717) is 0 Å². The first-order chi connectivity index (χ1) is 4.92. The molecule has 0 unspecified atom stereocenters. The summed E-state index contributed by atoms with van der Waals surface area (Å²) in [5, 5.41) is 7.19. The average molecular weight is 154 g/mol. The fraction of sp³-hybridized carbons (Fsp3) is 0.571. The van der Waals surface area contributed by atoms with E-state index in [4.69, 9.17) is 0 Å². The van der Waals surface area contributed by atoms with Crippen LogP contribution in [0.3, 0.4) is 0 Å². The van der Waals surface area contributed by atoms with Gasteiger partial charge in [-0.1, -0.05) is 0 Å². The molecular weight excluding hydrogens is 144 g/mol. The molecule has 3 heteroatoms. The SMILES string of the molecule is SCc1n[nH]c2c1CCC2. The molecule has 0 fully saturated rings. The third-order valence-corrected chi connectivity index (χ3v) is 2.34. The molecule has 2 rings (SSSR count). The minimum Gasteiger partial charge on any atom is -0.282 e. The van der Waals surface area contributed by atoms with Gasteiger partial charge in [-0.3, -0.25) is 5.10 Å². The molecule has 54 valence electrons. The van der Waals surface area contributed by atoms with E-state index in [1.807, 2.05) is 0 Å². The molecule has 0 saturated carbocycles. The smallest absolute Gasteiger partial charge is 0.0753 e. The zero-order valence-electron chi connectivity index (χ0n) is 5.72. The van der Waals surface area contributed by atoms with Gasteiger partial charge in [-0.25, -0.2) is 0 Å². The molecule has 1 heterocycles. The molecule has 2 nitrogen and oxygen atoms in total. The number of aryl methyl sites for hydroxylation is 1. The normalized spacial score (nSPS) is 15.7. The fourth-order valence-corrected chi connectivity index (χ4v) is 1.78. The summed E-state index contributed by atoms with van der Waals surface area (Å²) in [6.45, 7) is 0. The van der Waals surface area contributed by atoms with E-state index < -0.39 is 0 Å². The third kappa shape index (κ3) is 0.770. The minimum absolute atomic E-state index is 0.770. The summed E-state index contributed by atoms with van der Waals surface area (Å²) in [5.74, 6) is 0.770. The van der Waals surface area contributed by atoms with Crippen molar-refractivity contribution in [3.63, 3.8) is 0 Å². The maximum Gasteiger partial charge on any atom is 0.0753 e. The van der Waals surface area contributed by atoms with Gasteiger partial charge in [0.1, 0.15) is 0 Å². The molecule has 0 aromatic carbocycles. The highest BCUT2D eigenvalue weighted by Gasteiger charge is 2.16. The van der Waals surface area contributed by atoms with Gasteiger partial charge in [-0.05, 0) is 24.8 Å². The summed E-state index contributed by atoms with van der Waals surface area (Å²) < 4.78 is 0. The molecule has 0 radical (unpaired) electrons. The molecule has 0 aliphatic heterocycles. The molecular formula is C7H10N2S. The van der Waals surface area contributed by atoms with Crippen LogP contribution in [0.4, 0.5) is 0 Å². The van der Waals surface area contributed by atoms with Gasteiger partial charge in [-0.2, -0.15) is 17.7 Å². The highest BCUT2D eigenvalue weighted by molar-refractivity contribution is 7.79. The third-order valence-electron chi connectivity index (χ3n) is 2.04. The zero-order valence-corrected chi connectivity index (χ0v) is 6.62. The Labute approximate surface area is 65.4 Å². The van der Waals surface area contributed by atoms with Crippen LogP contribution in [0.15, 0.2) is 0 Å². The molecule has 0 amide bonds. The second kappa shape index (κ2) is 2.31. The Hall–Kier alpha value is -0.440. The van der Waals surface area contributed by atoms with E-state index in [2.05, 4.69) is 22.8 Å². The van der Waals surface area contributed by atoms with Crippen LogP contribution in [0.5, 0.6) is 0 Å². The van der Waals surface area contributed by atoms with E-state index in [-0.39, 0.29) is 0 Å². The molecule has 1 aromatic rings. The van der Waals surface area contributed by atoms with Crippen LogP contribution in [0.25, 0.3) is 0 Å². The van der Waals surface area contributed by atoms with Crippen molar-refractivity contribution in [1.82, 2.24) is 10.2 Å². The lowest BCUT2D eigenvalue weighted by atomic mass is 10.2. The molecule has 0 saturated heterocycles. The van der Waals surface area contributed by atoms with E-state index in [9.17, 15) is 0 Å². The van der Waals surface area contributed by atoms with Crippen LogP contribution < -0.4 is 0 Å². The number of fused-ring (bicyclic) bond motifs is 1. The Bertz CT molecular complexity index is 242. The van der Waals surface area contributed by atoms with Crippen LogP contribution in [0.1, 0.15) is 23.4 Å². The molecule has 10 heavy (non-hydrogen) atoms. The average Bonchev–Trinajstić information content (AvgIpc) is 2.44. The monoisotopic (exact) mass is 154 g/mol. The van der Waals surface area contributed by atoms with E-state index in [1.165, 1.54) is 30.5 Å². The van der Waals surface area contributed by atoms with Gasteiger partial charge in [0.2, 0.25) is 0 Å². The zero-order chi connectivity index (χ0) is 6.97. The lowest BCUT2D eigenvalue weighted by molar-refractivity contribution is 0.852. The van der Waals surface area contributed by atoms with Gasteiger partial charge >= 0.3 is 0 Å². The Morgan fingerprint density at radius 1 is 1.50 bits per heavy atom. The summed E-state index contributed by atoms with van der Waals surface area (Å²) in [4.78, 5) is 0. The van der Waals surface area contributed by atoms with E-state index in [0.717, 1.165) is 11.4 Å². The number of aromatic amines is 1. The summed E-state index contributed by atoms with van der Waals surface area (Å²) in [6, 6.07) is 0. The number of hydrogen-bond acceptors (Lipinski definition) is 2. The van der Waals surface area contributed by atoms with Gasteiger partial charge in [-0.15, -0.1) is 0 Å². The quantitative estimate of drug-likeness (QED) is 0.587. The first kappa shape index (κ1) is 6.28. The van der Waals surface area contributed by atoms with Crippen LogP contribution in [0, 0.1) is 0 Å². The molecule has 0 bridgehead atoms. The van der Waals surface area contributed by atoms with Gasteiger partial charge < -0.3 is 0 Å². The van der Waals surface area contributed by atoms with Crippen LogP contribution in [0.2, 0.25) is 0 Å². The minimum atomic E-state index is 0.770. The second-order valence-corrected chi connectivity index (χ2v) is 2.96. The molecule has 1 N–H and O–H groups in total. The van der Waals surface area contributed by atoms with Crippen molar-refractivity contribution in [1.29, 1.82) is 0 Å². The summed E-state index contributed by atoms with van der Waals surface area (Å²) in [5.41, 5.74) is 3.91. The molecule has 1 aliphatic carbocycles. The van der Waals surface area contributed by atoms with E-state index >= 15 is 0 Å². The fourth-order valence-electron chi connectivity index (χ4n) is 1.52. The number of aromatic nitrogens is 2. The van der Waals surface area contributed by atoms with Gasteiger partial charge in [0, 0.05) is 11.4 Å². The van der Waals surface area contributed by atoms with Gasteiger partial charge in [0.15, 0.2) is 0 Å². The maximum absolute atomic E-state index is 4.19. The molecule has 1 aliphatic rings. The number of hydrogen-bond donors (Lipinski definition) is 2. The summed E-state index contributed by atoms with van der Waals surface area (Å²) >= 11 is 4.19. The van der Waals surface area contributed by atoms with Gasteiger partial charge in [0.25, 0.3) is 0 Å². The first-order valence-electron chi connectivity index (χ1n) is 3.57. The van der Waals surface area contributed by atoms with Crippen LogP contribution in [-0.4, -0.2) is 10.2 Å². The Morgan fingerprint density at radius 3 is 3.20 bits per heavy atom. The molecule has 0 spiro atoms. The Balaban J connectivity index is 2.44. The van der Waals surface area contributed by atoms with Crippen LogP contribution in [-0.2, 0) is 18.6 Å². The van der Waals surface area contributed by atoms with Crippen molar-refractivity contribution in [2.45, 2.75) is 25.0 Å². The molecule has 1 aromatic heterocycles. The Morgan fingerprint density at radius 2 is 2.40 bits per heavy atom. The number of H-pyrrole nitrogens is 1. The number of nitrogens with one attached hydrogen (secondary N) is 1. The first-order valence-corrected chi connectivity index (χ1v) is 4.21. The van der Waals surface area contributed by atoms with Crippen molar-refractivity contribution >= 4 is 12.6 Å². The second-order valence-electron chi connectivity index (χ2n) is 2.64. The standard InChI is InChI=1S/C7H10N2S/c10-4-7-5-2-1-3-6(5)8-9-7/h10H,1-4H2,(H,8,9). The van der Waals surface area contributed by atoms with Gasteiger partial charge in [0.05, 0.1) is 5.69 Å². The van der Waals surface area contributed by atoms with Crippen molar-refractivity contribution in [2.24, 2.45) is 0 Å². The highest BCUT2D eigenvalue weighted by atomic mass is 32.1. The highest BCUT2D eigenvalue weighted by Crippen LogP contribution is 2.23. The Kier molecular flexibility index (Phi) is 1.45. The maximum atomic E-state index is 4.19. The lowest BCUT2D eigenvalue weighted by Gasteiger charge is -1.89. The van der Waals surface area contributed by atoms with Crippen LogP contribution >= 0.6 is 12.6 Å². The summed E-state index contributed by atoms with van der Waals surface area (Å²) in [6.07, 6.45) is 3.66. The number of nitrogens with zero attached hydrogens (tertiary/aromatic N) is 1. The topological polar surface area (TPSA) is 28.7 Å². The molecule has 0 atom stereocenters. The van der Waals surface area contributed by atoms with Crippen molar-refractivity contribution < 1.29 is 0 Å². The number of rotatable bonds is 1. The largest absolute Gasteiger partial charge is 0.282 e.